The van der Waals surface area contributed by atoms with Crippen LogP contribution in [0, 0.1) is 10.1 Å². The number of rotatable bonds is 12. The van der Waals surface area contributed by atoms with Gasteiger partial charge >= 0.3 is 7.60 Å². The fraction of sp³-hybridized carbons (Fsp3) is 0.550. The molecule has 7 nitrogen and oxygen atoms in total. The zero-order valence-corrected chi connectivity index (χ0v) is 18.1. The van der Waals surface area contributed by atoms with Crippen LogP contribution in [-0.2, 0) is 18.4 Å². The third kappa shape index (κ3) is 7.30. The van der Waals surface area contributed by atoms with Crippen molar-refractivity contribution in [1.82, 2.24) is 0 Å². The topological polar surface area (TPSA) is 95.7 Å². The second-order valence-corrected chi connectivity index (χ2v) is 8.74. The van der Waals surface area contributed by atoms with Gasteiger partial charge in [-0.1, -0.05) is 38.8 Å². The van der Waals surface area contributed by atoms with E-state index in [1.165, 1.54) is 31.2 Å². The average Bonchev–Trinajstić information content (AvgIpc) is 2.59. The van der Waals surface area contributed by atoms with Crippen molar-refractivity contribution in [1.29, 1.82) is 0 Å². The van der Waals surface area contributed by atoms with Crippen LogP contribution in [0.3, 0.4) is 0 Å². The Morgan fingerprint density at radius 1 is 1.18 bits per heavy atom. The van der Waals surface area contributed by atoms with E-state index in [9.17, 15) is 19.5 Å². The molecule has 8 heteroatoms. The summed E-state index contributed by atoms with van der Waals surface area (Å²) in [5.74, 6) is -0.456. The van der Waals surface area contributed by atoms with Gasteiger partial charge in [-0.3, -0.25) is 19.5 Å². The first-order valence-electron chi connectivity index (χ1n) is 9.57. The minimum atomic E-state index is -3.92. The van der Waals surface area contributed by atoms with Crippen molar-refractivity contribution in [3.8, 4) is 0 Å². The molecule has 28 heavy (non-hydrogen) atoms. The highest BCUT2D eigenvalue weighted by atomic mass is 31.2. The van der Waals surface area contributed by atoms with E-state index in [0.29, 0.717) is 18.4 Å². The number of benzene rings is 1. The third-order valence-electron chi connectivity index (χ3n) is 4.07. The van der Waals surface area contributed by atoms with Crippen molar-refractivity contribution in [3.63, 3.8) is 0 Å². The van der Waals surface area contributed by atoms with Crippen LogP contribution in [0.25, 0.3) is 6.08 Å². The number of nitro groups is 1. The van der Waals surface area contributed by atoms with E-state index >= 15 is 0 Å². The zero-order chi connectivity index (χ0) is 21.3. The second kappa shape index (κ2) is 11.2. The summed E-state index contributed by atoms with van der Waals surface area (Å²) in [5.41, 5.74) is 0.269. The molecule has 0 saturated carbocycles. The van der Waals surface area contributed by atoms with Crippen LogP contribution in [-0.4, -0.2) is 22.9 Å². The lowest BCUT2D eigenvalue weighted by Crippen LogP contribution is -2.15. The van der Waals surface area contributed by atoms with Crippen molar-refractivity contribution in [2.75, 3.05) is 0 Å². The molecule has 1 aromatic rings. The van der Waals surface area contributed by atoms with Crippen molar-refractivity contribution in [2.45, 2.75) is 72.5 Å². The summed E-state index contributed by atoms with van der Waals surface area (Å²) in [6.45, 7) is 8.83. The van der Waals surface area contributed by atoms with E-state index in [-0.39, 0.29) is 23.2 Å². The minimum Gasteiger partial charge on any atom is -0.302 e. The molecular formula is C20H30NO6P. The van der Waals surface area contributed by atoms with Crippen LogP contribution < -0.4 is 0 Å². The van der Waals surface area contributed by atoms with E-state index in [0.717, 1.165) is 12.8 Å². The Morgan fingerprint density at radius 2 is 1.71 bits per heavy atom. The van der Waals surface area contributed by atoms with Gasteiger partial charge in [-0.15, -0.1) is 0 Å². The lowest BCUT2D eigenvalue weighted by atomic mass is 10.2. The first-order chi connectivity index (χ1) is 13.1. The number of carbonyl (C=O) groups excluding carboxylic acids is 1. The van der Waals surface area contributed by atoms with Crippen molar-refractivity contribution in [3.05, 3.63) is 45.3 Å². The lowest BCUT2D eigenvalue weighted by Gasteiger charge is -2.26. The van der Waals surface area contributed by atoms with Gasteiger partial charge in [-0.25, -0.2) is 0 Å². The largest absolute Gasteiger partial charge is 0.365 e. The van der Waals surface area contributed by atoms with Crippen molar-refractivity contribution in [2.24, 2.45) is 0 Å². The Labute approximate surface area is 166 Å². The number of non-ortho nitro benzene ring substituents is 1. The van der Waals surface area contributed by atoms with Gasteiger partial charge in [0.1, 0.15) is 5.31 Å². The molecule has 0 aliphatic carbocycles. The number of hydrogen-bond acceptors (Lipinski definition) is 6. The Bertz CT molecular complexity index is 743. The van der Waals surface area contributed by atoms with Crippen LogP contribution >= 0.6 is 7.60 Å². The van der Waals surface area contributed by atoms with Gasteiger partial charge in [0.25, 0.3) is 5.69 Å². The summed E-state index contributed by atoms with van der Waals surface area (Å²) in [7, 11) is -3.92. The zero-order valence-electron chi connectivity index (χ0n) is 17.2. The van der Waals surface area contributed by atoms with E-state index in [4.69, 9.17) is 9.05 Å². The fourth-order valence-corrected chi connectivity index (χ4v) is 4.92. The highest BCUT2D eigenvalue weighted by Gasteiger charge is 2.37. The molecule has 0 fully saturated rings. The molecule has 2 unspecified atom stereocenters. The molecular weight excluding hydrogens is 381 g/mol. The average molecular weight is 411 g/mol. The number of Topliss-reactive ketones (excluding diaryl/α,β-unsaturated/α-hetero) is 1. The molecule has 0 amide bonds. The van der Waals surface area contributed by atoms with Crippen molar-refractivity contribution >= 4 is 25.1 Å². The maximum atomic E-state index is 13.7. The van der Waals surface area contributed by atoms with Gasteiger partial charge in [0.05, 0.1) is 17.1 Å². The molecule has 0 saturated heterocycles. The Kier molecular flexibility index (Phi) is 9.73. The second-order valence-electron chi connectivity index (χ2n) is 6.84. The summed E-state index contributed by atoms with van der Waals surface area (Å²) in [6.07, 6.45) is 3.63. The first-order valence-corrected chi connectivity index (χ1v) is 11.1. The number of nitrogens with zero attached hydrogens (tertiary/aromatic N) is 1. The standard InChI is InChI=1S/C20H30NO6P/c1-6-9-15(3)26-28(25,27-16(4)10-7-2)20(17(5)22)14-18-11-8-12-19(13-18)21(23)24/h8,11-16H,6-7,9-10H2,1-5H3/b20-14+. The number of ketones is 1. The fourth-order valence-electron chi connectivity index (χ4n) is 2.79. The molecule has 0 bridgehead atoms. The first kappa shape index (κ1) is 24.2. The molecule has 0 spiro atoms. The van der Waals surface area contributed by atoms with Crippen LogP contribution in [0.15, 0.2) is 29.6 Å². The van der Waals surface area contributed by atoms with E-state index < -0.39 is 18.3 Å². The molecule has 156 valence electrons. The van der Waals surface area contributed by atoms with Crippen LogP contribution in [0.1, 0.15) is 65.9 Å². The molecule has 0 radical (unpaired) electrons. The molecule has 1 rings (SSSR count). The van der Waals surface area contributed by atoms with E-state index in [1.807, 2.05) is 13.8 Å². The van der Waals surface area contributed by atoms with Crippen LogP contribution in [0.2, 0.25) is 0 Å². The number of hydrogen-bond donors (Lipinski definition) is 0. The molecule has 0 aliphatic rings. The SMILES string of the molecule is CCCC(C)OP(=O)(OC(C)CCC)/C(=C/c1cccc([N+](=O)[O-])c1)C(C)=O. The maximum absolute atomic E-state index is 13.7. The highest BCUT2D eigenvalue weighted by molar-refractivity contribution is 7.60. The number of allylic oxidation sites excluding steroid dienone is 1. The van der Waals surface area contributed by atoms with Gasteiger partial charge in [0.15, 0.2) is 5.78 Å². The highest BCUT2D eigenvalue weighted by Crippen LogP contribution is 2.59. The van der Waals surface area contributed by atoms with Crippen LogP contribution in [0.5, 0.6) is 0 Å². The normalized spacial score (nSPS) is 16.2. The third-order valence-corrected chi connectivity index (χ3v) is 6.38. The smallest absolute Gasteiger partial charge is 0.302 e. The molecule has 0 heterocycles. The molecule has 1 aromatic carbocycles. The Hall–Kier alpha value is -1.82. The quantitative estimate of drug-likeness (QED) is 0.178. The Morgan fingerprint density at radius 3 is 2.14 bits per heavy atom. The summed E-state index contributed by atoms with van der Waals surface area (Å²) in [4.78, 5) is 22.9. The summed E-state index contributed by atoms with van der Waals surface area (Å²) in [5, 5.41) is 10.9. The minimum absolute atomic E-state index is 0.0982. The number of carbonyl (C=O) groups is 1. The molecule has 0 N–H and O–H groups in total. The molecule has 2 atom stereocenters. The predicted octanol–water partition coefficient (Wildman–Crippen LogP) is 6.13. The van der Waals surface area contributed by atoms with E-state index in [2.05, 4.69) is 0 Å². The molecule has 0 aliphatic heterocycles. The monoisotopic (exact) mass is 411 g/mol. The molecule has 0 aromatic heterocycles. The Balaban J connectivity index is 3.41. The van der Waals surface area contributed by atoms with Gasteiger partial charge in [-0.2, -0.15) is 0 Å². The van der Waals surface area contributed by atoms with Crippen LogP contribution in [0.4, 0.5) is 5.69 Å². The maximum Gasteiger partial charge on any atom is 0.365 e. The van der Waals surface area contributed by atoms with E-state index in [1.54, 1.807) is 19.9 Å². The summed E-state index contributed by atoms with van der Waals surface area (Å²) < 4.78 is 25.2. The summed E-state index contributed by atoms with van der Waals surface area (Å²) >= 11 is 0. The van der Waals surface area contributed by atoms with Gasteiger partial charge in [0, 0.05) is 12.1 Å². The summed E-state index contributed by atoms with van der Waals surface area (Å²) in [6, 6.07) is 5.78. The van der Waals surface area contributed by atoms with Gasteiger partial charge < -0.3 is 9.05 Å². The predicted molar refractivity (Wildman–Crippen MR) is 110 cm³/mol. The van der Waals surface area contributed by atoms with Gasteiger partial charge in [-0.05, 0) is 45.3 Å². The number of nitro benzene ring substituents is 1. The van der Waals surface area contributed by atoms with Crippen molar-refractivity contribution < 1.29 is 23.3 Å². The van der Waals surface area contributed by atoms with Gasteiger partial charge in [0.2, 0.25) is 0 Å². The lowest BCUT2D eigenvalue weighted by molar-refractivity contribution is -0.384.